The highest BCUT2D eigenvalue weighted by molar-refractivity contribution is 7.95. The van der Waals surface area contributed by atoms with Gasteiger partial charge in [-0.15, -0.1) is 0 Å². The Kier molecular flexibility index (Phi) is 5.84. The van der Waals surface area contributed by atoms with Crippen molar-refractivity contribution in [3.8, 4) is 0 Å². The number of allylic oxidation sites excluding steroid dienone is 2. The summed E-state index contributed by atoms with van der Waals surface area (Å²) in [6.07, 6.45) is 4.56. The standard InChI is InChI=1S/C24H26P/c1-3-13-21(2)20-25(22-14-7-4-8-15-22,23-16-9-5-10-17-23)24-18-11-6-12-19-24/h4-19H,3,20H2,1-2H3/q+1/b21-13-. The van der Waals surface area contributed by atoms with Crippen molar-refractivity contribution in [3.63, 3.8) is 0 Å². The molecule has 0 bridgehead atoms. The van der Waals surface area contributed by atoms with Crippen molar-refractivity contribution in [2.24, 2.45) is 0 Å². The molecule has 0 radical (unpaired) electrons. The quantitative estimate of drug-likeness (QED) is 0.418. The van der Waals surface area contributed by atoms with Crippen molar-refractivity contribution < 1.29 is 0 Å². The Labute approximate surface area is 152 Å². The Hall–Kier alpha value is -2.17. The van der Waals surface area contributed by atoms with Crippen LogP contribution in [0.5, 0.6) is 0 Å². The first-order chi connectivity index (χ1) is 12.3. The van der Waals surface area contributed by atoms with E-state index in [0.29, 0.717) is 0 Å². The van der Waals surface area contributed by atoms with Crippen LogP contribution in [0, 0.1) is 0 Å². The minimum atomic E-state index is -1.71. The van der Waals surface area contributed by atoms with E-state index in [1.54, 1.807) is 0 Å². The molecule has 0 aliphatic rings. The highest BCUT2D eigenvalue weighted by Crippen LogP contribution is 2.56. The zero-order valence-corrected chi connectivity index (χ0v) is 16.0. The highest BCUT2D eigenvalue weighted by atomic mass is 31.2. The van der Waals surface area contributed by atoms with Gasteiger partial charge < -0.3 is 0 Å². The fourth-order valence-corrected chi connectivity index (χ4v) is 7.92. The van der Waals surface area contributed by atoms with Gasteiger partial charge in [-0.1, -0.05) is 67.6 Å². The van der Waals surface area contributed by atoms with Gasteiger partial charge in [0, 0.05) is 0 Å². The van der Waals surface area contributed by atoms with E-state index in [1.807, 2.05) is 0 Å². The third-order valence-electron chi connectivity index (χ3n) is 4.63. The van der Waals surface area contributed by atoms with Gasteiger partial charge in [-0.2, -0.15) is 0 Å². The van der Waals surface area contributed by atoms with Crippen LogP contribution in [0.15, 0.2) is 103 Å². The van der Waals surface area contributed by atoms with Gasteiger partial charge >= 0.3 is 0 Å². The summed E-state index contributed by atoms with van der Waals surface area (Å²) < 4.78 is 0. The van der Waals surface area contributed by atoms with Gasteiger partial charge in [0.25, 0.3) is 0 Å². The van der Waals surface area contributed by atoms with Gasteiger partial charge in [-0.3, -0.25) is 0 Å². The van der Waals surface area contributed by atoms with Gasteiger partial charge in [0.2, 0.25) is 0 Å². The third-order valence-corrected chi connectivity index (χ3v) is 9.14. The maximum atomic E-state index is 2.38. The molecule has 0 saturated heterocycles. The largest absolute Gasteiger partial charge is 0.116 e. The van der Waals surface area contributed by atoms with Crippen LogP contribution >= 0.6 is 7.26 Å². The summed E-state index contributed by atoms with van der Waals surface area (Å²) in [5.74, 6) is 0. The van der Waals surface area contributed by atoms with Crippen molar-refractivity contribution in [2.45, 2.75) is 20.3 Å². The van der Waals surface area contributed by atoms with E-state index >= 15 is 0 Å². The van der Waals surface area contributed by atoms with Crippen molar-refractivity contribution >= 4 is 23.2 Å². The van der Waals surface area contributed by atoms with E-state index in [-0.39, 0.29) is 0 Å². The van der Waals surface area contributed by atoms with Crippen molar-refractivity contribution in [3.05, 3.63) is 103 Å². The number of hydrogen-bond acceptors (Lipinski definition) is 0. The first-order valence-electron chi connectivity index (χ1n) is 8.98. The molecule has 0 N–H and O–H groups in total. The van der Waals surface area contributed by atoms with Crippen molar-refractivity contribution in [1.82, 2.24) is 0 Å². The second-order valence-corrected chi connectivity index (χ2v) is 9.92. The number of rotatable bonds is 6. The van der Waals surface area contributed by atoms with E-state index in [4.69, 9.17) is 0 Å². The summed E-state index contributed by atoms with van der Waals surface area (Å²) in [7, 11) is -1.71. The molecule has 0 unspecified atom stereocenters. The average Bonchev–Trinajstić information content (AvgIpc) is 2.68. The summed E-state index contributed by atoms with van der Waals surface area (Å²) in [5, 5.41) is 4.36. The second kappa shape index (κ2) is 8.28. The third kappa shape index (κ3) is 3.75. The smallest absolute Gasteiger partial charge is 0.0823 e. The van der Waals surface area contributed by atoms with E-state index < -0.39 is 7.26 Å². The Balaban J connectivity index is 2.29. The average molecular weight is 345 g/mol. The molecule has 0 aliphatic carbocycles. The molecule has 25 heavy (non-hydrogen) atoms. The van der Waals surface area contributed by atoms with Gasteiger partial charge in [0.05, 0.1) is 6.16 Å². The summed E-state index contributed by atoms with van der Waals surface area (Å²) in [6.45, 7) is 4.50. The lowest BCUT2D eigenvalue weighted by atomic mass is 10.3. The maximum absolute atomic E-state index is 2.38. The minimum absolute atomic E-state index is 1.09. The molecule has 0 amide bonds. The van der Waals surface area contributed by atoms with E-state index in [9.17, 15) is 0 Å². The molecule has 0 saturated carbocycles. The molecule has 0 atom stereocenters. The molecule has 3 aromatic carbocycles. The topological polar surface area (TPSA) is 0 Å². The van der Waals surface area contributed by atoms with Crippen LogP contribution in [0.3, 0.4) is 0 Å². The van der Waals surface area contributed by atoms with Crippen molar-refractivity contribution in [1.29, 1.82) is 0 Å². The number of benzene rings is 3. The Morgan fingerprint density at radius 1 is 0.680 bits per heavy atom. The normalized spacial score (nSPS) is 12.2. The molecule has 3 aromatic rings. The predicted octanol–water partition coefficient (Wildman–Crippen LogP) is 5.34. The first kappa shape index (κ1) is 17.6. The van der Waals surface area contributed by atoms with Gasteiger partial charge in [0.1, 0.15) is 23.2 Å². The molecule has 0 spiro atoms. The lowest BCUT2D eigenvalue weighted by molar-refractivity contribution is 1.18. The minimum Gasteiger partial charge on any atom is -0.0823 e. The monoisotopic (exact) mass is 345 g/mol. The summed E-state index contributed by atoms with van der Waals surface area (Å²) in [6, 6.07) is 33.3. The molecule has 126 valence electrons. The van der Waals surface area contributed by atoms with Crippen LogP contribution in [-0.4, -0.2) is 6.16 Å². The fraction of sp³-hybridized carbons (Fsp3) is 0.167. The molecule has 3 rings (SSSR count). The summed E-state index contributed by atoms with van der Waals surface area (Å²) in [4.78, 5) is 0. The molecule has 0 aliphatic heterocycles. The SMILES string of the molecule is CC/C=C(/C)C[P+](c1ccccc1)(c1ccccc1)c1ccccc1. The van der Waals surface area contributed by atoms with Crippen LogP contribution < -0.4 is 15.9 Å². The van der Waals surface area contributed by atoms with E-state index in [0.717, 1.165) is 12.6 Å². The van der Waals surface area contributed by atoms with Crippen LogP contribution in [0.25, 0.3) is 0 Å². The van der Waals surface area contributed by atoms with E-state index in [1.165, 1.54) is 21.5 Å². The summed E-state index contributed by atoms with van der Waals surface area (Å²) in [5.41, 5.74) is 1.48. The predicted molar refractivity (Wildman–Crippen MR) is 114 cm³/mol. The number of hydrogen-bond donors (Lipinski definition) is 0. The molecule has 1 heteroatoms. The van der Waals surface area contributed by atoms with Crippen molar-refractivity contribution in [2.75, 3.05) is 6.16 Å². The lowest BCUT2D eigenvalue weighted by Crippen LogP contribution is -2.33. The lowest BCUT2D eigenvalue weighted by Gasteiger charge is -2.28. The van der Waals surface area contributed by atoms with Crippen LogP contribution in [-0.2, 0) is 0 Å². The zero-order chi connectivity index (χ0) is 17.5. The molecule has 0 fully saturated rings. The Bertz CT molecular complexity index is 708. The Morgan fingerprint density at radius 3 is 1.36 bits per heavy atom. The van der Waals surface area contributed by atoms with Gasteiger partial charge in [-0.05, 0) is 55.3 Å². The van der Waals surface area contributed by atoms with Crippen LogP contribution in [0.4, 0.5) is 0 Å². The molecule has 0 nitrogen and oxygen atoms in total. The van der Waals surface area contributed by atoms with Gasteiger partial charge in [-0.25, -0.2) is 0 Å². The zero-order valence-electron chi connectivity index (χ0n) is 15.1. The first-order valence-corrected chi connectivity index (χ1v) is 11.0. The van der Waals surface area contributed by atoms with Gasteiger partial charge in [0.15, 0.2) is 0 Å². The van der Waals surface area contributed by atoms with E-state index in [2.05, 4.69) is 111 Å². The maximum Gasteiger partial charge on any atom is 0.116 e. The van der Waals surface area contributed by atoms with Crippen LogP contribution in [0.1, 0.15) is 20.3 Å². The Morgan fingerprint density at radius 2 is 1.04 bits per heavy atom. The highest BCUT2D eigenvalue weighted by Gasteiger charge is 2.45. The molecular weight excluding hydrogens is 319 g/mol. The summed E-state index contributed by atoms with van der Waals surface area (Å²) >= 11 is 0. The fourth-order valence-electron chi connectivity index (χ4n) is 3.56. The molecular formula is C24H26P+. The second-order valence-electron chi connectivity index (χ2n) is 6.43. The molecule has 0 heterocycles. The molecule has 0 aromatic heterocycles. The van der Waals surface area contributed by atoms with Crippen LogP contribution in [0.2, 0.25) is 0 Å².